The molecule has 2 aliphatic carbocycles. The van der Waals surface area contributed by atoms with E-state index in [0.29, 0.717) is 11.7 Å². The third kappa shape index (κ3) is 2.48. The molecule has 0 aromatic heterocycles. The highest BCUT2D eigenvalue weighted by Crippen LogP contribution is 2.40. The molecule has 1 aromatic carbocycles. The fourth-order valence-electron chi connectivity index (χ4n) is 3.58. The molecule has 1 nitrogen and oxygen atoms in total. The summed E-state index contributed by atoms with van der Waals surface area (Å²) in [5.74, 6) is 1.10. The van der Waals surface area contributed by atoms with Crippen LogP contribution in [-0.4, -0.2) is 5.78 Å². The highest BCUT2D eigenvalue weighted by atomic mass is 16.1. The lowest BCUT2D eigenvalue weighted by Crippen LogP contribution is -2.30. The van der Waals surface area contributed by atoms with Crippen molar-refractivity contribution in [3.05, 3.63) is 35.4 Å². The molecule has 0 atom stereocenters. The molecular formula is C18H24O. The molecule has 3 rings (SSSR count). The summed E-state index contributed by atoms with van der Waals surface area (Å²) in [5, 5.41) is 0. The van der Waals surface area contributed by atoms with Crippen LogP contribution in [0.25, 0.3) is 0 Å². The van der Waals surface area contributed by atoms with Crippen molar-refractivity contribution in [3.8, 4) is 0 Å². The van der Waals surface area contributed by atoms with E-state index < -0.39 is 0 Å². The van der Waals surface area contributed by atoms with Gasteiger partial charge in [-0.15, -0.1) is 0 Å². The van der Waals surface area contributed by atoms with Crippen LogP contribution in [0.4, 0.5) is 0 Å². The van der Waals surface area contributed by atoms with Crippen LogP contribution in [0.15, 0.2) is 24.3 Å². The summed E-state index contributed by atoms with van der Waals surface area (Å²) in [6, 6.07) is 8.47. The van der Waals surface area contributed by atoms with Crippen molar-refractivity contribution in [1.82, 2.24) is 0 Å². The minimum Gasteiger partial charge on any atom is -0.294 e. The largest absolute Gasteiger partial charge is 0.294 e. The van der Waals surface area contributed by atoms with Crippen molar-refractivity contribution < 1.29 is 4.79 Å². The molecule has 0 radical (unpaired) electrons. The Hall–Kier alpha value is -1.11. The average Bonchev–Trinajstić information content (AvgIpc) is 2.37. The van der Waals surface area contributed by atoms with E-state index in [1.807, 2.05) is 6.07 Å². The van der Waals surface area contributed by atoms with Crippen LogP contribution in [0.1, 0.15) is 80.1 Å². The Labute approximate surface area is 116 Å². The highest BCUT2D eigenvalue weighted by Gasteiger charge is 2.35. The van der Waals surface area contributed by atoms with Crippen molar-refractivity contribution in [1.29, 1.82) is 0 Å². The molecule has 1 heteroatoms. The molecule has 0 heterocycles. The third-order valence-electron chi connectivity index (χ3n) is 5.23. The zero-order valence-electron chi connectivity index (χ0n) is 12.0. The van der Waals surface area contributed by atoms with E-state index in [4.69, 9.17) is 0 Å². The molecule has 0 aliphatic heterocycles. The molecule has 2 saturated carbocycles. The molecule has 19 heavy (non-hydrogen) atoms. The number of rotatable bonds is 3. The summed E-state index contributed by atoms with van der Waals surface area (Å²) in [6.07, 6.45) is 9.81. The molecule has 0 spiro atoms. The first-order valence-electron chi connectivity index (χ1n) is 7.84. The van der Waals surface area contributed by atoms with E-state index in [1.165, 1.54) is 44.1 Å². The summed E-state index contributed by atoms with van der Waals surface area (Å²) in [7, 11) is 0. The van der Waals surface area contributed by atoms with Gasteiger partial charge in [-0.1, -0.05) is 50.8 Å². The number of Topliss-reactive ketones (excluding diaryl/α,β-unsaturated/α-hetero) is 1. The number of hydrogen-bond acceptors (Lipinski definition) is 1. The summed E-state index contributed by atoms with van der Waals surface area (Å²) >= 11 is 0. The van der Waals surface area contributed by atoms with Crippen LogP contribution >= 0.6 is 0 Å². The van der Waals surface area contributed by atoms with Crippen molar-refractivity contribution in [2.75, 3.05) is 0 Å². The highest BCUT2D eigenvalue weighted by molar-refractivity contribution is 6.00. The standard InChI is InChI=1S/C18H24O/c1-18(11-3-2-4-12-18)17(19)16-10-6-9-15(13-16)14-7-5-8-14/h6,9-10,13-14H,2-5,7-8,11-12H2,1H3. The number of ketones is 1. The molecule has 0 amide bonds. The zero-order valence-corrected chi connectivity index (χ0v) is 12.0. The zero-order chi connectivity index (χ0) is 13.3. The van der Waals surface area contributed by atoms with Crippen LogP contribution in [0, 0.1) is 5.41 Å². The molecule has 2 aliphatic rings. The Morgan fingerprint density at radius 2 is 1.84 bits per heavy atom. The molecule has 102 valence electrons. The lowest BCUT2D eigenvalue weighted by Gasteiger charge is -2.32. The van der Waals surface area contributed by atoms with Crippen LogP contribution in [-0.2, 0) is 0 Å². The first-order chi connectivity index (χ1) is 9.19. The van der Waals surface area contributed by atoms with Gasteiger partial charge in [-0.3, -0.25) is 4.79 Å². The number of carbonyl (C=O) groups is 1. The maximum Gasteiger partial charge on any atom is 0.168 e. The van der Waals surface area contributed by atoms with Crippen molar-refractivity contribution in [3.63, 3.8) is 0 Å². The minimum absolute atomic E-state index is 0.101. The van der Waals surface area contributed by atoms with Gasteiger partial charge in [-0.05, 0) is 43.2 Å². The summed E-state index contributed by atoms with van der Waals surface area (Å²) in [5.41, 5.74) is 2.24. The van der Waals surface area contributed by atoms with Gasteiger partial charge in [0.2, 0.25) is 0 Å². The lowest BCUT2D eigenvalue weighted by molar-refractivity contribution is 0.0749. The molecule has 0 saturated heterocycles. The van der Waals surface area contributed by atoms with Crippen molar-refractivity contribution in [2.24, 2.45) is 5.41 Å². The van der Waals surface area contributed by atoms with Gasteiger partial charge in [0.05, 0.1) is 0 Å². The Morgan fingerprint density at radius 1 is 1.11 bits per heavy atom. The summed E-state index contributed by atoms with van der Waals surface area (Å²) in [6.45, 7) is 2.17. The van der Waals surface area contributed by atoms with Crippen molar-refractivity contribution >= 4 is 5.78 Å². The van der Waals surface area contributed by atoms with Gasteiger partial charge < -0.3 is 0 Å². The van der Waals surface area contributed by atoms with E-state index in [1.54, 1.807) is 0 Å². The Bertz CT molecular complexity index is 464. The first kappa shape index (κ1) is 12.9. The predicted molar refractivity (Wildman–Crippen MR) is 78.6 cm³/mol. The van der Waals surface area contributed by atoms with E-state index in [9.17, 15) is 4.79 Å². The number of hydrogen-bond donors (Lipinski definition) is 0. The quantitative estimate of drug-likeness (QED) is 0.687. The van der Waals surface area contributed by atoms with Gasteiger partial charge in [-0.2, -0.15) is 0 Å². The molecule has 1 aromatic rings. The fourth-order valence-corrected chi connectivity index (χ4v) is 3.58. The second-order valence-corrected chi connectivity index (χ2v) is 6.70. The number of benzene rings is 1. The second kappa shape index (κ2) is 5.11. The normalized spacial score (nSPS) is 22.8. The SMILES string of the molecule is CC1(C(=O)c2cccc(C3CCC3)c2)CCCCC1. The van der Waals surface area contributed by atoms with Crippen LogP contribution in [0.5, 0.6) is 0 Å². The van der Waals surface area contributed by atoms with E-state index in [-0.39, 0.29) is 5.41 Å². The van der Waals surface area contributed by atoms with E-state index >= 15 is 0 Å². The molecular weight excluding hydrogens is 232 g/mol. The van der Waals surface area contributed by atoms with Crippen LogP contribution in [0.3, 0.4) is 0 Å². The van der Waals surface area contributed by atoms with Gasteiger partial charge in [0.1, 0.15) is 0 Å². The van der Waals surface area contributed by atoms with Crippen LogP contribution < -0.4 is 0 Å². The maximum absolute atomic E-state index is 12.8. The topological polar surface area (TPSA) is 17.1 Å². The molecule has 0 N–H and O–H groups in total. The van der Waals surface area contributed by atoms with Gasteiger partial charge in [0, 0.05) is 11.0 Å². The summed E-state index contributed by atoms with van der Waals surface area (Å²) in [4.78, 5) is 12.8. The van der Waals surface area contributed by atoms with E-state index in [2.05, 4.69) is 25.1 Å². The number of carbonyl (C=O) groups excluding carboxylic acids is 1. The summed E-state index contributed by atoms with van der Waals surface area (Å²) < 4.78 is 0. The van der Waals surface area contributed by atoms with Crippen molar-refractivity contribution in [2.45, 2.75) is 64.2 Å². The third-order valence-corrected chi connectivity index (χ3v) is 5.23. The molecule has 0 bridgehead atoms. The lowest BCUT2D eigenvalue weighted by atomic mass is 9.70. The molecule has 0 unspecified atom stereocenters. The second-order valence-electron chi connectivity index (χ2n) is 6.70. The van der Waals surface area contributed by atoms with Gasteiger partial charge >= 0.3 is 0 Å². The molecule has 2 fully saturated rings. The van der Waals surface area contributed by atoms with Gasteiger partial charge in [-0.25, -0.2) is 0 Å². The Morgan fingerprint density at radius 3 is 2.47 bits per heavy atom. The van der Waals surface area contributed by atoms with Gasteiger partial charge in [0.15, 0.2) is 5.78 Å². The smallest absolute Gasteiger partial charge is 0.168 e. The first-order valence-corrected chi connectivity index (χ1v) is 7.84. The Kier molecular flexibility index (Phi) is 3.47. The van der Waals surface area contributed by atoms with Gasteiger partial charge in [0.25, 0.3) is 0 Å². The predicted octanol–water partition coefficient (Wildman–Crippen LogP) is 5.11. The van der Waals surface area contributed by atoms with E-state index in [0.717, 1.165) is 18.4 Å². The van der Waals surface area contributed by atoms with Crippen LogP contribution in [0.2, 0.25) is 0 Å². The maximum atomic E-state index is 12.8. The monoisotopic (exact) mass is 256 g/mol. The fraction of sp³-hybridized carbons (Fsp3) is 0.611. The minimum atomic E-state index is -0.101. The Balaban J connectivity index is 1.82. The average molecular weight is 256 g/mol.